The molecule has 98 heavy (non-hydrogen) atoms. The number of nitrogens with zero attached hydrogens (tertiary/aromatic N) is 6. The molecule has 4 aliphatic heterocycles. The monoisotopic (exact) mass is 1390 g/mol. The summed E-state index contributed by atoms with van der Waals surface area (Å²) in [7, 11) is 0. The van der Waals surface area contributed by atoms with Gasteiger partial charge in [0.25, 0.3) is 18.2 Å². The second kappa shape index (κ2) is 34.4. The molecule has 5 aliphatic rings. The summed E-state index contributed by atoms with van der Waals surface area (Å²) < 4.78 is 15.5. The van der Waals surface area contributed by atoms with Crippen LogP contribution in [0.2, 0.25) is 0 Å². The van der Waals surface area contributed by atoms with Crippen LogP contribution in [-0.4, -0.2) is 268 Å². The standard InChI is InChI=1S/C64H88N12O21S/c1-33-4-13-41(14-5-33)73-20-22-74(23-21-73)42-15-11-39(12-16-42)62-72-71-61(94-62)38-9-7-37(8-10-38)56(86)67-45-26-43(80)28-66-60(90)54-55(85)34(2)29-76(54)64(92)53(48(83)18-19-65-40(31-77)32-78)70-59(89)52(49(84)24-36-6-17-47(82)50(25-36)95-98-97-96-93)69-58(88)46-27-44(81)30-75(46)63(91)51(35(3)79)68-57(45)87/h6-12,15-17,25,33-35,40-41,43-46,48-49,51-55,65,77-85,93H,4-5,13-14,18-24,26-32H2,1-3H3,(H,66,90)(H,67,86)(H,68,87)(H,69,88)(H,70,89)/t33?,34-,35+,41?,43+,44+,45?,46-,48+,49+,51-,52-,53-,54-,55-/m0/s1. The van der Waals surface area contributed by atoms with Crippen molar-refractivity contribution >= 4 is 59.4 Å². The number of nitrogens with one attached hydrogen (secondary N) is 6. The molecule has 5 heterocycles. The zero-order chi connectivity index (χ0) is 70.5. The molecule has 16 N–H and O–H groups in total. The Hall–Kier alpha value is -7.68. The van der Waals surface area contributed by atoms with E-state index in [1.807, 2.05) is 24.3 Å². The minimum atomic E-state index is -2.16. The smallest absolute Gasteiger partial charge is 0.261 e. The van der Waals surface area contributed by atoms with E-state index in [4.69, 9.17) is 13.9 Å². The molecule has 7 amide bonds. The van der Waals surface area contributed by atoms with E-state index >= 15 is 0 Å². The molecule has 1 saturated carbocycles. The SMILES string of the molecule is CC1CCC(N2CCN(c3ccc(-c4nnc(-c5ccc(C(=O)NC6C[C@@H](O)CNC(=O)[C@@H]7[C@@H](O)[C@@H](C)CN7C(=O)[C@H]([C@H](O)CCNC(CO)CO)NC(=O)[C@H]([C@H](O)Cc7ccc(O)c(OSOOO)c7)NC(=O)[C@@H]7C[C@@H](O)CN7C(=O)[C@H]([C@@H](C)O)NC6=O)cc5)o4)cc3)CC2)CC1. The number of hydrogen-bond donors (Lipinski definition) is 16. The number of rotatable bonds is 21. The quantitative estimate of drug-likeness (QED) is 0.0177. The number of β-amino-alcohol motifs (C(OH)–C–C–N with tert-alkyl or cyclic N) is 1. The molecule has 33 nitrogen and oxygen atoms in total. The van der Waals surface area contributed by atoms with E-state index < -0.39 is 184 Å². The van der Waals surface area contributed by atoms with Gasteiger partial charge in [0.2, 0.25) is 47.2 Å². The fourth-order valence-corrected chi connectivity index (χ4v) is 13.4. The topological polar surface area (TPSA) is 474 Å². The minimum Gasteiger partial charge on any atom is -0.504 e. The number of fused-ring (bicyclic) bond motifs is 2. The van der Waals surface area contributed by atoms with Crippen LogP contribution >= 0.6 is 12.3 Å². The molecule has 3 aromatic carbocycles. The number of aromatic hydroxyl groups is 1. The van der Waals surface area contributed by atoms with E-state index in [0.29, 0.717) is 17.2 Å². The van der Waals surface area contributed by atoms with Crippen LogP contribution in [0.25, 0.3) is 22.9 Å². The molecular weight excluding hydrogens is 1300 g/mol. The van der Waals surface area contributed by atoms with Gasteiger partial charge in [-0.25, -0.2) is 5.26 Å². The van der Waals surface area contributed by atoms with E-state index in [2.05, 4.69) is 68.2 Å². The number of carbonyl (C=O) groups excluding carboxylic acids is 7. The lowest BCUT2D eigenvalue weighted by atomic mass is 9.86. The predicted molar refractivity (Wildman–Crippen MR) is 347 cm³/mol. The van der Waals surface area contributed by atoms with Crippen molar-refractivity contribution in [2.75, 3.05) is 70.5 Å². The molecule has 0 bridgehead atoms. The first kappa shape index (κ1) is 74.5. The Morgan fingerprint density at radius 1 is 0.735 bits per heavy atom. The van der Waals surface area contributed by atoms with Gasteiger partial charge in [0.15, 0.2) is 11.5 Å². The molecule has 1 unspecified atom stereocenters. The number of amides is 7. The summed E-state index contributed by atoms with van der Waals surface area (Å²) in [6.07, 6.45) is -7.66. The second-order valence-corrected chi connectivity index (χ2v) is 26.3. The van der Waals surface area contributed by atoms with E-state index in [1.54, 1.807) is 0 Å². The lowest BCUT2D eigenvalue weighted by Gasteiger charge is -2.42. The Kier molecular flexibility index (Phi) is 26.2. The number of phenols is 1. The predicted octanol–water partition coefficient (Wildman–Crippen LogP) is -2.55. The number of aromatic nitrogens is 2. The fourth-order valence-electron chi connectivity index (χ4n) is 13.1. The highest BCUT2D eigenvalue weighted by atomic mass is 32.2. The Balaban J connectivity index is 0.965. The van der Waals surface area contributed by atoms with Crippen LogP contribution < -0.4 is 41.0 Å². The van der Waals surface area contributed by atoms with Crippen molar-refractivity contribution in [3.63, 3.8) is 0 Å². The molecule has 34 heteroatoms. The molecule has 536 valence electrons. The maximum absolute atomic E-state index is 15.0. The summed E-state index contributed by atoms with van der Waals surface area (Å²) in [5, 5.41) is 135. The molecule has 9 rings (SSSR count). The largest absolute Gasteiger partial charge is 0.504 e. The number of piperazine rings is 1. The first-order chi connectivity index (χ1) is 46.9. The summed E-state index contributed by atoms with van der Waals surface area (Å²) >= 11 is 0.0662. The Bertz CT molecular complexity index is 3360. The molecule has 0 radical (unpaired) electrons. The molecule has 1 aromatic heterocycles. The van der Waals surface area contributed by atoms with Crippen molar-refractivity contribution in [1.29, 1.82) is 0 Å². The van der Waals surface area contributed by atoms with Crippen molar-refractivity contribution in [1.82, 2.24) is 56.8 Å². The molecule has 4 aromatic rings. The van der Waals surface area contributed by atoms with Crippen molar-refractivity contribution in [3.05, 3.63) is 77.9 Å². The maximum Gasteiger partial charge on any atom is 0.261 e. The lowest BCUT2D eigenvalue weighted by Crippen LogP contribution is -2.64. The number of hydrogen-bond acceptors (Lipinski definition) is 27. The normalized spacial score (nSPS) is 27.6. The molecule has 5 fully saturated rings. The van der Waals surface area contributed by atoms with Crippen molar-refractivity contribution in [2.45, 2.75) is 157 Å². The summed E-state index contributed by atoms with van der Waals surface area (Å²) in [5.41, 5.74) is 2.27. The molecule has 4 saturated heterocycles. The third-order valence-electron chi connectivity index (χ3n) is 18.8. The number of aliphatic hydroxyl groups excluding tert-OH is 8. The maximum atomic E-state index is 15.0. The average molecular weight is 1390 g/mol. The first-order valence-corrected chi connectivity index (χ1v) is 33.4. The summed E-state index contributed by atoms with van der Waals surface area (Å²) in [4.78, 5) is 109. The van der Waals surface area contributed by atoms with Crippen LogP contribution in [0, 0.1) is 11.8 Å². The van der Waals surface area contributed by atoms with E-state index in [0.717, 1.165) is 66.6 Å². The van der Waals surface area contributed by atoms with Gasteiger partial charge in [-0.05, 0) is 118 Å². The van der Waals surface area contributed by atoms with E-state index in [-0.39, 0.29) is 54.1 Å². The van der Waals surface area contributed by atoms with Crippen LogP contribution in [0.4, 0.5) is 5.69 Å². The zero-order valence-corrected chi connectivity index (χ0v) is 55.2. The van der Waals surface area contributed by atoms with Gasteiger partial charge in [-0.3, -0.25) is 38.5 Å². The van der Waals surface area contributed by atoms with E-state index in [9.17, 15) is 79.5 Å². The van der Waals surface area contributed by atoms with Gasteiger partial charge in [-0.1, -0.05) is 29.3 Å². The number of aliphatic hydroxyl groups is 8. The highest BCUT2D eigenvalue weighted by molar-refractivity contribution is 7.90. The number of carbonyl (C=O) groups is 7. The van der Waals surface area contributed by atoms with Crippen LogP contribution in [0.3, 0.4) is 0 Å². The van der Waals surface area contributed by atoms with Gasteiger partial charge in [0.1, 0.15) is 36.3 Å². The summed E-state index contributed by atoms with van der Waals surface area (Å²) in [6.45, 7) is 5.84. The van der Waals surface area contributed by atoms with Crippen molar-refractivity contribution in [2.24, 2.45) is 11.8 Å². The van der Waals surface area contributed by atoms with Gasteiger partial charge >= 0.3 is 0 Å². The van der Waals surface area contributed by atoms with Gasteiger partial charge in [-0.2, -0.15) is 0 Å². The van der Waals surface area contributed by atoms with Gasteiger partial charge in [-0.15, -0.1) is 10.2 Å². The Morgan fingerprint density at radius 2 is 1.37 bits per heavy atom. The fraction of sp³-hybridized carbons (Fsp3) is 0.578. The highest BCUT2D eigenvalue weighted by Crippen LogP contribution is 2.34. The van der Waals surface area contributed by atoms with Crippen LogP contribution in [-0.2, 0) is 44.6 Å². The third kappa shape index (κ3) is 18.6. The van der Waals surface area contributed by atoms with Crippen LogP contribution in [0.1, 0.15) is 81.6 Å². The summed E-state index contributed by atoms with van der Waals surface area (Å²) in [5.74, 6) is -8.50. The molecule has 13 atom stereocenters. The van der Waals surface area contributed by atoms with E-state index in [1.165, 1.54) is 62.9 Å². The van der Waals surface area contributed by atoms with Gasteiger partial charge in [0.05, 0.1) is 55.9 Å². The lowest BCUT2D eigenvalue weighted by molar-refractivity contribution is -0.433. The third-order valence-corrected chi connectivity index (χ3v) is 19.2. The number of phenolic OH excluding ortho intramolecular Hbond substituents is 1. The van der Waals surface area contributed by atoms with Crippen molar-refractivity contribution < 1.29 is 103 Å². The number of anilines is 1. The zero-order valence-electron chi connectivity index (χ0n) is 54.4. The highest BCUT2D eigenvalue weighted by Gasteiger charge is 2.50. The first-order valence-electron chi connectivity index (χ1n) is 32.8. The Morgan fingerprint density at radius 3 is 2.01 bits per heavy atom. The Labute approximate surface area is 568 Å². The molecular formula is C64H88N12O21S. The minimum absolute atomic E-state index is 0.0234. The van der Waals surface area contributed by atoms with Crippen LogP contribution in [0.5, 0.6) is 11.5 Å². The number of benzene rings is 3. The van der Waals surface area contributed by atoms with Gasteiger partial charge in [0, 0.05) is 99.4 Å². The van der Waals surface area contributed by atoms with Gasteiger partial charge < -0.3 is 101 Å². The summed E-state index contributed by atoms with van der Waals surface area (Å²) in [6, 6.07) is 5.54. The molecule has 0 spiro atoms. The average Bonchev–Trinajstić information content (AvgIpc) is 1.62. The molecule has 1 aliphatic carbocycles. The van der Waals surface area contributed by atoms with Crippen LogP contribution in [0.15, 0.2) is 71.1 Å². The second-order valence-electron chi connectivity index (χ2n) is 25.9. The van der Waals surface area contributed by atoms with Crippen molar-refractivity contribution in [3.8, 4) is 34.4 Å².